The van der Waals surface area contributed by atoms with Gasteiger partial charge in [-0.3, -0.25) is 4.79 Å². The molecule has 0 radical (unpaired) electrons. The van der Waals surface area contributed by atoms with E-state index in [4.69, 9.17) is 0 Å². The number of thiophene rings is 1. The van der Waals surface area contributed by atoms with Gasteiger partial charge in [0.2, 0.25) is 0 Å². The van der Waals surface area contributed by atoms with Crippen molar-refractivity contribution in [3.05, 3.63) is 58.4 Å². The van der Waals surface area contributed by atoms with E-state index in [0.29, 0.717) is 6.42 Å². The first kappa shape index (κ1) is 14.1. The monoisotopic (exact) mass is 297 g/mol. The standard InChI is InChI=1S/C18H19NOS/c1-2-14-6-3-7-15-10-12-19(18(14)15)11-4-8-16(20)17-9-5-13-21-17/h3,5-7,9-10,12-13H,2,4,8,11H2,1H3. The number of hydrogen-bond donors (Lipinski definition) is 0. The zero-order chi connectivity index (χ0) is 14.7. The molecule has 108 valence electrons. The Labute approximate surface area is 129 Å². The van der Waals surface area contributed by atoms with Crippen molar-refractivity contribution in [2.45, 2.75) is 32.7 Å². The van der Waals surface area contributed by atoms with Crippen LogP contribution in [0, 0.1) is 0 Å². The number of nitrogens with zero attached hydrogens (tertiary/aromatic N) is 1. The van der Waals surface area contributed by atoms with E-state index >= 15 is 0 Å². The van der Waals surface area contributed by atoms with Gasteiger partial charge >= 0.3 is 0 Å². The summed E-state index contributed by atoms with van der Waals surface area (Å²) >= 11 is 1.53. The Morgan fingerprint density at radius 3 is 2.86 bits per heavy atom. The van der Waals surface area contributed by atoms with Crippen LogP contribution >= 0.6 is 11.3 Å². The molecule has 3 aromatic rings. The molecule has 0 bridgehead atoms. The van der Waals surface area contributed by atoms with E-state index in [-0.39, 0.29) is 5.78 Å². The van der Waals surface area contributed by atoms with Crippen LogP contribution in [0.3, 0.4) is 0 Å². The van der Waals surface area contributed by atoms with E-state index in [2.05, 4.69) is 42.0 Å². The summed E-state index contributed by atoms with van der Waals surface area (Å²) in [4.78, 5) is 12.9. The predicted octanol–water partition coefficient (Wildman–Crippen LogP) is 4.93. The number of carbonyl (C=O) groups is 1. The van der Waals surface area contributed by atoms with Crippen LogP contribution in [0.15, 0.2) is 48.0 Å². The normalized spacial score (nSPS) is 11.1. The van der Waals surface area contributed by atoms with Crippen LogP contribution < -0.4 is 0 Å². The summed E-state index contributed by atoms with van der Waals surface area (Å²) in [7, 11) is 0. The number of para-hydroxylation sites is 1. The third-order valence-corrected chi connectivity index (χ3v) is 4.76. The first-order valence-electron chi connectivity index (χ1n) is 7.43. The molecule has 2 nitrogen and oxygen atoms in total. The summed E-state index contributed by atoms with van der Waals surface area (Å²) < 4.78 is 2.29. The molecule has 0 atom stereocenters. The van der Waals surface area contributed by atoms with Crippen molar-refractivity contribution in [2.75, 3.05) is 0 Å². The van der Waals surface area contributed by atoms with Crippen LogP contribution in [0.2, 0.25) is 0 Å². The quantitative estimate of drug-likeness (QED) is 0.591. The number of aryl methyl sites for hydroxylation is 2. The highest BCUT2D eigenvalue weighted by molar-refractivity contribution is 7.12. The summed E-state index contributed by atoms with van der Waals surface area (Å²) in [5.41, 5.74) is 2.70. The van der Waals surface area contributed by atoms with Crippen LogP contribution in [-0.2, 0) is 13.0 Å². The fourth-order valence-corrected chi connectivity index (χ4v) is 3.48. The van der Waals surface area contributed by atoms with Crippen LogP contribution in [0.25, 0.3) is 10.9 Å². The number of benzene rings is 1. The molecule has 0 aliphatic rings. The third-order valence-electron chi connectivity index (χ3n) is 3.85. The summed E-state index contributed by atoms with van der Waals surface area (Å²) in [5, 5.41) is 3.25. The zero-order valence-electron chi connectivity index (χ0n) is 12.2. The molecule has 0 fully saturated rings. The number of aromatic nitrogens is 1. The molecule has 21 heavy (non-hydrogen) atoms. The highest BCUT2D eigenvalue weighted by Gasteiger charge is 2.08. The van der Waals surface area contributed by atoms with E-state index in [1.165, 1.54) is 27.8 Å². The molecule has 0 aliphatic carbocycles. The summed E-state index contributed by atoms with van der Waals surface area (Å²) in [6, 6.07) is 12.5. The van der Waals surface area contributed by atoms with Gasteiger partial charge in [-0.15, -0.1) is 11.3 Å². The molecule has 2 aromatic heterocycles. The fraction of sp³-hybridized carbons (Fsp3) is 0.278. The molecular formula is C18H19NOS. The summed E-state index contributed by atoms with van der Waals surface area (Å²) in [6.45, 7) is 3.09. The SMILES string of the molecule is CCc1cccc2ccn(CCCC(=O)c3cccs3)c12. The van der Waals surface area contributed by atoms with Gasteiger partial charge in [-0.2, -0.15) is 0 Å². The Morgan fingerprint density at radius 1 is 1.19 bits per heavy atom. The van der Waals surface area contributed by atoms with Crippen molar-refractivity contribution in [3.63, 3.8) is 0 Å². The Morgan fingerprint density at radius 2 is 2.10 bits per heavy atom. The number of rotatable bonds is 6. The first-order valence-corrected chi connectivity index (χ1v) is 8.31. The Bertz CT molecular complexity index is 740. The van der Waals surface area contributed by atoms with Gasteiger partial charge in [-0.1, -0.05) is 31.2 Å². The minimum absolute atomic E-state index is 0.261. The van der Waals surface area contributed by atoms with Gasteiger partial charge in [-0.05, 0) is 41.3 Å². The molecule has 0 amide bonds. The molecule has 0 saturated heterocycles. The number of hydrogen-bond acceptors (Lipinski definition) is 2. The van der Waals surface area contributed by atoms with Gasteiger partial charge < -0.3 is 4.57 Å². The Hall–Kier alpha value is -1.87. The van der Waals surface area contributed by atoms with Crippen molar-refractivity contribution >= 4 is 28.0 Å². The van der Waals surface area contributed by atoms with Gasteiger partial charge in [0.15, 0.2) is 5.78 Å². The van der Waals surface area contributed by atoms with E-state index in [1.54, 1.807) is 0 Å². The number of fused-ring (bicyclic) bond motifs is 1. The summed E-state index contributed by atoms with van der Waals surface area (Å²) in [5.74, 6) is 0.261. The Kier molecular flexibility index (Phi) is 4.20. The van der Waals surface area contributed by atoms with Crippen LogP contribution in [0.5, 0.6) is 0 Å². The lowest BCUT2D eigenvalue weighted by Gasteiger charge is -2.08. The zero-order valence-corrected chi connectivity index (χ0v) is 13.0. The second kappa shape index (κ2) is 6.27. The maximum atomic E-state index is 12.0. The van der Waals surface area contributed by atoms with Gasteiger partial charge in [0.1, 0.15) is 0 Å². The van der Waals surface area contributed by atoms with Gasteiger partial charge in [0.05, 0.1) is 10.4 Å². The topological polar surface area (TPSA) is 22.0 Å². The highest BCUT2D eigenvalue weighted by atomic mass is 32.1. The summed E-state index contributed by atoms with van der Waals surface area (Å²) in [6.07, 6.45) is 4.68. The van der Waals surface area contributed by atoms with Gasteiger partial charge in [-0.25, -0.2) is 0 Å². The minimum Gasteiger partial charge on any atom is -0.347 e. The predicted molar refractivity (Wildman–Crippen MR) is 89.2 cm³/mol. The average molecular weight is 297 g/mol. The van der Waals surface area contributed by atoms with Crippen molar-refractivity contribution in [2.24, 2.45) is 0 Å². The molecule has 2 heterocycles. The van der Waals surface area contributed by atoms with Crippen molar-refractivity contribution < 1.29 is 4.79 Å². The molecule has 3 heteroatoms. The van der Waals surface area contributed by atoms with Crippen molar-refractivity contribution in [1.29, 1.82) is 0 Å². The lowest BCUT2D eigenvalue weighted by Crippen LogP contribution is -2.02. The second-order valence-corrected chi connectivity index (χ2v) is 6.17. The number of ketones is 1. The minimum atomic E-state index is 0.261. The van der Waals surface area contributed by atoms with Crippen LogP contribution in [-0.4, -0.2) is 10.4 Å². The van der Waals surface area contributed by atoms with Crippen LogP contribution in [0.4, 0.5) is 0 Å². The third kappa shape index (κ3) is 2.93. The largest absolute Gasteiger partial charge is 0.347 e. The average Bonchev–Trinajstić information content (AvgIpc) is 3.16. The number of Topliss-reactive ketones (excluding diaryl/α,β-unsaturated/α-hetero) is 1. The lowest BCUT2D eigenvalue weighted by atomic mass is 10.1. The molecule has 0 saturated carbocycles. The molecule has 0 aliphatic heterocycles. The number of carbonyl (C=O) groups excluding carboxylic acids is 1. The Balaban J connectivity index is 1.70. The molecule has 3 rings (SSSR count). The van der Waals surface area contributed by atoms with Crippen molar-refractivity contribution in [3.8, 4) is 0 Å². The van der Waals surface area contributed by atoms with Gasteiger partial charge in [0, 0.05) is 19.2 Å². The van der Waals surface area contributed by atoms with Crippen LogP contribution in [0.1, 0.15) is 35.0 Å². The first-order chi connectivity index (χ1) is 10.3. The lowest BCUT2D eigenvalue weighted by molar-refractivity contribution is 0.0982. The molecule has 1 aromatic carbocycles. The molecule has 0 unspecified atom stereocenters. The molecule has 0 N–H and O–H groups in total. The maximum Gasteiger partial charge on any atom is 0.172 e. The van der Waals surface area contributed by atoms with Gasteiger partial charge in [0.25, 0.3) is 0 Å². The molecular weight excluding hydrogens is 278 g/mol. The molecule has 0 spiro atoms. The maximum absolute atomic E-state index is 12.0. The van der Waals surface area contributed by atoms with Crippen molar-refractivity contribution in [1.82, 2.24) is 4.57 Å². The second-order valence-electron chi connectivity index (χ2n) is 5.22. The smallest absolute Gasteiger partial charge is 0.172 e. The highest BCUT2D eigenvalue weighted by Crippen LogP contribution is 2.22. The van der Waals surface area contributed by atoms with E-state index in [9.17, 15) is 4.79 Å². The van der Waals surface area contributed by atoms with E-state index in [1.807, 2.05) is 17.5 Å². The van der Waals surface area contributed by atoms with E-state index < -0.39 is 0 Å². The van der Waals surface area contributed by atoms with E-state index in [0.717, 1.165) is 24.3 Å². The fourth-order valence-electron chi connectivity index (χ4n) is 2.78.